The number of nitrogens with zero attached hydrogens (tertiary/aromatic N) is 1. The molecule has 0 atom stereocenters. The van der Waals surface area contributed by atoms with Gasteiger partial charge in [-0.2, -0.15) is 0 Å². The van der Waals surface area contributed by atoms with Crippen LogP contribution in [0.25, 0.3) is 0 Å². The molecule has 0 spiro atoms. The number of aldehydes is 1. The molecule has 6 heteroatoms. The standard InChI is InChI=1S/C7H8N4OS/c8-7(9)11-10-3-5-1-2-6(4-12)13-5/h1-4H,(H4,8,9,11)/p+1. The number of rotatable bonds is 3. The Morgan fingerprint density at radius 1 is 1.46 bits per heavy atom. The Labute approximate surface area is 78.8 Å². The number of hydrazone groups is 1. The van der Waals surface area contributed by atoms with Gasteiger partial charge in [-0.05, 0) is 12.1 Å². The van der Waals surface area contributed by atoms with Crippen LogP contribution in [0.4, 0.5) is 0 Å². The molecule has 0 amide bonds. The van der Waals surface area contributed by atoms with E-state index in [9.17, 15) is 4.79 Å². The maximum atomic E-state index is 10.3. The van der Waals surface area contributed by atoms with Crippen LogP contribution in [0.1, 0.15) is 14.5 Å². The third-order valence-electron chi connectivity index (χ3n) is 1.16. The Morgan fingerprint density at radius 2 is 2.15 bits per heavy atom. The highest BCUT2D eigenvalue weighted by Crippen LogP contribution is 2.10. The first-order chi connectivity index (χ1) is 6.22. The van der Waals surface area contributed by atoms with Gasteiger partial charge < -0.3 is 11.5 Å². The van der Waals surface area contributed by atoms with Crippen molar-refractivity contribution < 1.29 is 9.90 Å². The molecule has 1 aromatic rings. The summed E-state index contributed by atoms with van der Waals surface area (Å²) < 4.78 is 0. The smallest absolute Gasteiger partial charge is 0.256 e. The average molecular weight is 197 g/mol. The quantitative estimate of drug-likeness (QED) is 0.232. The van der Waals surface area contributed by atoms with Crippen molar-refractivity contribution in [3.63, 3.8) is 0 Å². The molecule has 1 rings (SSSR count). The van der Waals surface area contributed by atoms with Crippen molar-refractivity contribution in [1.82, 2.24) is 0 Å². The topological polar surface area (TPSA) is 95.4 Å². The van der Waals surface area contributed by atoms with Gasteiger partial charge in [0.25, 0.3) is 5.96 Å². The van der Waals surface area contributed by atoms with Gasteiger partial charge in [0.2, 0.25) is 6.21 Å². The van der Waals surface area contributed by atoms with E-state index in [0.29, 0.717) is 4.88 Å². The number of nitrogens with one attached hydrogen (secondary N) is 1. The van der Waals surface area contributed by atoms with Crippen molar-refractivity contribution in [3.05, 3.63) is 21.9 Å². The molecule has 0 aliphatic carbocycles. The summed E-state index contributed by atoms with van der Waals surface area (Å²) >= 11 is 1.35. The summed E-state index contributed by atoms with van der Waals surface area (Å²) in [6.07, 6.45) is 2.40. The molecule has 5 N–H and O–H groups in total. The van der Waals surface area contributed by atoms with Gasteiger partial charge in [-0.25, -0.2) is 0 Å². The van der Waals surface area contributed by atoms with Crippen molar-refractivity contribution in [2.75, 3.05) is 0 Å². The van der Waals surface area contributed by atoms with Gasteiger partial charge in [-0.15, -0.1) is 16.4 Å². The van der Waals surface area contributed by atoms with Gasteiger partial charge in [0.1, 0.15) is 0 Å². The molecule has 0 aromatic carbocycles. The molecule has 0 saturated carbocycles. The van der Waals surface area contributed by atoms with Gasteiger partial charge in [0, 0.05) is 5.10 Å². The first kappa shape index (κ1) is 9.40. The summed E-state index contributed by atoms with van der Waals surface area (Å²) in [5, 5.41) is 6.09. The van der Waals surface area contributed by atoms with E-state index in [1.165, 1.54) is 11.3 Å². The summed E-state index contributed by atoms with van der Waals surface area (Å²) in [7, 11) is 0. The van der Waals surface area contributed by atoms with Gasteiger partial charge >= 0.3 is 0 Å². The predicted molar refractivity (Wildman–Crippen MR) is 51.6 cm³/mol. The van der Waals surface area contributed by atoms with Crippen LogP contribution in [0.15, 0.2) is 17.2 Å². The van der Waals surface area contributed by atoms with E-state index in [1.807, 2.05) is 0 Å². The lowest BCUT2D eigenvalue weighted by molar-refractivity contribution is -0.456. The van der Waals surface area contributed by atoms with Crippen molar-refractivity contribution in [2.24, 2.45) is 16.6 Å². The molecule has 5 nitrogen and oxygen atoms in total. The fraction of sp³-hybridized carbons (Fsp3) is 0. The number of thiophene rings is 1. The molecule has 0 unspecified atom stereocenters. The van der Waals surface area contributed by atoms with Crippen LogP contribution >= 0.6 is 11.3 Å². The number of hydrogen-bond acceptors (Lipinski definition) is 3. The number of nitrogens with two attached hydrogens (primary N) is 2. The van der Waals surface area contributed by atoms with Crippen molar-refractivity contribution in [3.8, 4) is 0 Å². The van der Waals surface area contributed by atoms with Crippen LogP contribution in [-0.2, 0) is 0 Å². The van der Waals surface area contributed by atoms with E-state index in [-0.39, 0.29) is 5.96 Å². The predicted octanol–water partition coefficient (Wildman–Crippen LogP) is -1.75. The molecular weight excluding hydrogens is 188 g/mol. The minimum Gasteiger partial charge on any atom is -0.365 e. The van der Waals surface area contributed by atoms with Gasteiger partial charge in [-0.1, -0.05) is 0 Å². The minimum absolute atomic E-state index is 0.0385. The van der Waals surface area contributed by atoms with Gasteiger partial charge in [0.15, 0.2) is 6.29 Å². The lowest BCUT2D eigenvalue weighted by Crippen LogP contribution is -2.63. The molecule has 13 heavy (non-hydrogen) atoms. The molecule has 0 aliphatic heterocycles. The van der Waals surface area contributed by atoms with Crippen molar-refractivity contribution in [2.45, 2.75) is 0 Å². The van der Waals surface area contributed by atoms with Crippen LogP contribution < -0.4 is 16.6 Å². The maximum absolute atomic E-state index is 10.3. The van der Waals surface area contributed by atoms with E-state index < -0.39 is 0 Å². The fourth-order valence-corrected chi connectivity index (χ4v) is 1.38. The van der Waals surface area contributed by atoms with E-state index in [2.05, 4.69) is 10.2 Å². The van der Waals surface area contributed by atoms with E-state index in [0.717, 1.165) is 11.2 Å². The number of carbonyl (C=O) groups is 1. The van der Waals surface area contributed by atoms with Crippen LogP contribution in [0.3, 0.4) is 0 Å². The maximum Gasteiger partial charge on any atom is 0.256 e. The van der Waals surface area contributed by atoms with Crippen LogP contribution in [-0.4, -0.2) is 18.5 Å². The lowest BCUT2D eigenvalue weighted by Gasteiger charge is -1.76. The first-order valence-corrected chi connectivity index (χ1v) is 4.26. The molecular formula is C7H9N4OS+. The highest BCUT2D eigenvalue weighted by atomic mass is 32.1. The summed E-state index contributed by atoms with van der Waals surface area (Å²) in [5.41, 5.74) is 10.2. The normalized spacial score (nSPS) is 10.2. The number of guanidine groups is 1. The fourth-order valence-electron chi connectivity index (χ4n) is 0.680. The van der Waals surface area contributed by atoms with Gasteiger partial charge in [-0.3, -0.25) is 4.79 Å². The molecule has 1 heterocycles. The number of carbonyl (C=O) groups excluding carboxylic acids is 1. The third kappa shape index (κ3) is 3.04. The molecule has 0 radical (unpaired) electrons. The molecule has 0 aliphatic rings. The summed E-state index contributed by atoms with van der Waals surface area (Å²) in [6.45, 7) is 0. The third-order valence-corrected chi connectivity index (χ3v) is 2.12. The largest absolute Gasteiger partial charge is 0.365 e. The van der Waals surface area contributed by atoms with E-state index in [1.54, 1.807) is 18.3 Å². The Bertz CT molecular complexity index is 351. The Morgan fingerprint density at radius 3 is 2.69 bits per heavy atom. The second kappa shape index (κ2) is 4.36. The summed E-state index contributed by atoms with van der Waals surface area (Å²) in [6, 6.07) is 3.52. The zero-order valence-electron chi connectivity index (χ0n) is 6.73. The highest BCUT2D eigenvalue weighted by Gasteiger charge is 1.97. The monoisotopic (exact) mass is 197 g/mol. The molecule has 68 valence electrons. The van der Waals surface area contributed by atoms with Crippen LogP contribution in [0, 0.1) is 0 Å². The zero-order chi connectivity index (χ0) is 9.68. The Balaban J connectivity index is 2.69. The minimum atomic E-state index is -0.0385. The first-order valence-electron chi connectivity index (χ1n) is 3.45. The van der Waals surface area contributed by atoms with Crippen molar-refractivity contribution in [1.29, 1.82) is 0 Å². The number of hydrogen-bond donors (Lipinski definition) is 3. The SMILES string of the molecule is NC(N)=N[NH+]=Cc1ccc(C=O)s1. The molecule has 1 aromatic heterocycles. The zero-order valence-corrected chi connectivity index (χ0v) is 7.54. The highest BCUT2D eigenvalue weighted by molar-refractivity contribution is 7.15. The second-order valence-electron chi connectivity index (χ2n) is 2.17. The Hall–Kier alpha value is -1.69. The van der Waals surface area contributed by atoms with Crippen LogP contribution in [0.2, 0.25) is 0 Å². The van der Waals surface area contributed by atoms with Crippen molar-refractivity contribution >= 4 is 29.8 Å². The van der Waals surface area contributed by atoms with Crippen LogP contribution in [0.5, 0.6) is 0 Å². The second-order valence-corrected chi connectivity index (χ2v) is 3.32. The lowest BCUT2D eigenvalue weighted by atomic mass is 10.4. The summed E-state index contributed by atoms with van der Waals surface area (Å²) in [5.74, 6) is -0.0385. The van der Waals surface area contributed by atoms with E-state index >= 15 is 0 Å². The molecule has 0 bridgehead atoms. The van der Waals surface area contributed by atoms with E-state index in [4.69, 9.17) is 11.5 Å². The Kier molecular flexibility index (Phi) is 3.15. The average Bonchev–Trinajstić information content (AvgIpc) is 2.52. The summed E-state index contributed by atoms with van der Waals surface area (Å²) in [4.78, 5) is 11.9. The van der Waals surface area contributed by atoms with Gasteiger partial charge in [0.05, 0.1) is 9.75 Å². The molecule has 0 fully saturated rings. The molecule has 0 saturated heterocycles.